The number of carboxylic acids is 1. The largest absolute Gasteiger partial charge is 0.496 e. The summed E-state index contributed by atoms with van der Waals surface area (Å²) in [5.41, 5.74) is 1.74. The van der Waals surface area contributed by atoms with Crippen molar-refractivity contribution >= 4 is 5.97 Å². The van der Waals surface area contributed by atoms with Crippen molar-refractivity contribution in [3.63, 3.8) is 0 Å². The van der Waals surface area contributed by atoms with Gasteiger partial charge in [-0.15, -0.1) is 0 Å². The Hall–Kier alpha value is -1.51. The monoisotopic (exact) mass is 250 g/mol. The zero-order chi connectivity index (χ0) is 13.9. The Morgan fingerprint density at radius 1 is 1.39 bits per heavy atom. The maximum atomic E-state index is 10.9. The van der Waals surface area contributed by atoms with Crippen LogP contribution in [0.3, 0.4) is 0 Å². The summed E-state index contributed by atoms with van der Waals surface area (Å²) < 4.78 is 5.40. The maximum Gasteiger partial charge on any atom is 0.304 e. The highest BCUT2D eigenvalue weighted by Crippen LogP contribution is 2.34. The first-order chi connectivity index (χ1) is 8.27. The Morgan fingerprint density at radius 2 is 2.00 bits per heavy atom. The topological polar surface area (TPSA) is 46.5 Å². The van der Waals surface area contributed by atoms with E-state index in [1.807, 2.05) is 32.0 Å². The molecule has 0 saturated carbocycles. The summed E-state index contributed by atoms with van der Waals surface area (Å²) >= 11 is 0. The van der Waals surface area contributed by atoms with Gasteiger partial charge >= 0.3 is 5.97 Å². The third-order valence-electron chi connectivity index (χ3n) is 3.23. The van der Waals surface area contributed by atoms with Crippen LogP contribution in [0.1, 0.15) is 51.2 Å². The molecule has 0 aliphatic heterocycles. The normalized spacial score (nSPS) is 11.7. The molecule has 0 fully saturated rings. The van der Waals surface area contributed by atoms with Crippen LogP contribution >= 0.6 is 0 Å². The number of ether oxygens (including phenoxy) is 1. The molecule has 100 valence electrons. The van der Waals surface area contributed by atoms with Crippen LogP contribution in [0.2, 0.25) is 0 Å². The number of benzene rings is 1. The molecule has 1 rings (SSSR count). The predicted molar refractivity (Wildman–Crippen MR) is 72.4 cm³/mol. The summed E-state index contributed by atoms with van der Waals surface area (Å²) in [4.78, 5) is 10.9. The summed E-state index contributed by atoms with van der Waals surface area (Å²) in [7, 11) is 1.65. The van der Waals surface area contributed by atoms with E-state index in [9.17, 15) is 4.79 Å². The van der Waals surface area contributed by atoms with E-state index in [0.29, 0.717) is 5.92 Å². The second-order valence-corrected chi connectivity index (χ2v) is 5.57. The average molecular weight is 250 g/mol. The average Bonchev–Trinajstić information content (AvgIpc) is 2.26. The fourth-order valence-electron chi connectivity index (χ4n) is 2.09. The van der Waals surface area contributed by atoms with E-state index in [1.54, 1.807) is 7.11 Å². The van der Waals surface area contributed by atoms with Gasteiger partial charge in [0.25, 0.3) is 0 Å². The molecule has 0 radical (unpaired) electrons. The molecule has 0 aliphatic carbocycles. The Morgan fingerprint density at radius 3 is 2.44 bits per heavy atom. The lowest BCUT2D eigenvalue weighted by Gasteiger charge is -2.25. The molecule has 1 N–H and O–H groups in total. The first kappa shape index (κ1) is 14.6. The zero-order valence-electron chi connectivity index (χ0n) is 11.8. The highest BCUT2D eigenvalue weighted by atomic mass is 16.5. The van der Waals surface area contributed by atoms with Gasteiger partial charge in [-0.2, -0.15) is 0 Å². The van der Waals surface area contributed by atoms with E-state index >= 15 is 0 Å². The molecule has 0 spiro atoms. The highest BCUT2D eigenvalue weighted by Gasteiger charge is 2.25. The molecular weight excluding hydrogens is 228 g/mol. The lowest BCUT2D eigenvalue weighted by Crippen LogP contribution is -2.21. The molecule has 0 saturated heterocycles. The van der Waals surface area contributed by atoms with Crippen molar-refractivity contribution in [2.75, 3.05) is 7.11 Å². The van der Waals surface area contributed by atoms with Gasteiger partial charge in [-0.3, -0.25) is 4.79 Å². The second kappa shape index (κ2) is 5.42. The van der Waals surface area contributed by atoms with Crippen molar-refractivity contribution in [3.8, 4) is 5.75 Å². The van der Waals surface area contributed by atoms with E-state index in [-0.39, 0.29) is 6.42 Å². The van der Waals surface area contributed by atoms with Gasteiger partial charge in [-0.1, -0.05) is 39.8 Å². The summed E-state index contributed by atoms with van der Waals surface area (Å²) in [5.74, 6) is 0.435. The van der Waals surface area contributed by atoms with Crippen molar-refractivity contribution < 1.29 is 14.6 Å². The summed E-state index contributed by atoms with van der Waals surface area (Å²) in [6, 6.07) is 5.99. The van der Waals surface area contributed by atoms with Crippen LogP contribution in [-0.4, -0.2) is 18.2 Å². The minimum absolute atomic E-state index is 0.108. The summed E-state index contributed by atoms with van der Waals surface area (Å²) in [5, 5.41) is 8.95. The van der Waals surface area contributed by atoms with Gasteiger partial charge in [0.05, 0.1) is 13.5 Å². The van der Waals surface area contributed by atoms with Crippen LogP contribution in [0.4, 0.5) is 0 Å². The fraction of sp³-hybridized carbons (Fsp3) is 0.533. The maximum absolute atomic E-state index is 10.9. The SMILES string of the molecule is COc1cc(C(C)(C)CC(=O)O)ccc1C(C)C. The van der Waals surface area contributed by atoms with Crippen LogP contribution in [0.25, 0.3) is 0 Å². The third-order valence-corrected chi connectivity index (χ3v) is 3.23. The van der Waals surface area contributed by atoms with Crippen molar-refractivity contribution in [2.24, 2.45) is 0 Å². The van der Waals surface area contributed by atoms with Gasteiger partial charge in [0.2, 0.25) is 0 Å². The Balaban J connectivity index is 3.16. The number of carbonyl (C=O) groups is 1. The molecule has 1 aromatic rings. The smallest absolute Gasteiger partial charge is 0.304 e. The molecule has 1 aromatic carbocycles. The van der Waals surface area contributed by atoms with E-state index in [4.69, 9.17) is 9.84 Å². The van der Waals surface area contributed by atoms with E-state index < -0.39 is 11.4 Å². The zero-order valence-corrected chi connectivity index (χ0v) is 11.8. The Kier molecular flexibility index (Phi) is 4.38. The molecular formula is C15H22O3. The van der Waals surface area contributed by atoms with E-state index in [1.165, 1.54) is 0 Å². The molecule has 3 nitrogen and oxygen atoms in total. The number of hydrogen-bond donors (Lipinski definition) is 1. The predicted octanol–water partition coefficient (Wildman–Crippen LogP) is 3.57. The number of hydrogen-bond acceptors (Lipinski definition) is 2. The quantitative estimate of drug-likeness (QED) is 0.869. The molecule has 0 unspecified atom stereocenters. The van der Waals surface area contributed by atoms with Crippen molar-refractivity contribution in [1.29, 1.82) is 0 Å². The second-order valence-electron chi connectivity index (χ2n) is 5.57. The third kappa shape index (κ3) is 3.25. The fourth-order valence-corrected chi connectivity index (χ4v) is 2.09. The first-order valence-electron chi connectivity index (χ1n) is 6.18. The molecule has 0 atom stereocenters. The number of methoxy groups -OCH3 is 1. The van der Waals surface area contributed by atoms with Crippen LogP contribution in [0.15, 0.2) is 18.2 Å². The van der Waals surface area contributed by atoms with Crippen molar-refractivity contribution in [2.45, 2.75) is 45.4 Å². The number of carboxylic acid groups (broad SMARTS) is 1. The van der Waals surface area contributed by atoms with Crippen molar-refractivity contribution in [1.82, 2.24) is 0 Å². The van der Waals surface area contributed by atoms with Gasteiger partial charge in [0.1, 0.15) is 5.75 Å². The molecule has 0 heterocycles. The lowest BCUT2D eigenvalue weighted by molar-refractivity contribution is -0.138. The standard InChI is InChI=1S/C15H22O3/c1-10(2)12-7-6-11(8-13(12)18-5)15(3,4)9-14(16)17/h6-8,10H,9H2,1-5H3,(H,16,17). The van der Waals surface area contributed by atoms with E-state index in [0.717, 1.165) is 16.9 Å². The number of aliphatic carboxylic acids is 1. The summed E-state index contributed by atoms with van der Waals surface area (Å²) in [6.07, 6.45) is 0.108. The first-order valence-corrected chi connectivity index (χ1v) is 6.18. The van der Waals surface area contributed by atoms with Gasteiger partial charge < -0.3 is 9.84 Å². The van der Waals surface area contributed by atoms with Gasteiger partial charge in [-0.05, 0) is 23.1 Å². The van der Waals surface area contributed by atoms with Gasteiger partial charge in [-0.25, -0.2) is 0 Å². The number of rotatable bonds is 5. The summed E-state index contributed by atoms with van der Waals surface area (Å²) in [6.45, 7) is 8.09. The van der Waals surface area contributed by atoms with Gasteiger partial charge in [0, 0.05) is 5.41 Å². The Labute approximate surface area is 109 Å². The van der Waals surface area contributed by atoms with Crippen molar-refractivity contribution in [3.05, 3.63) is 29.3 Å². The minimum atomic E-state index is -0.785. The lowest BCUT2D eigenvalue weighted by atomic mass is 9.80. The molecule has 3 heteroatoms. The van der Waals surface area contributed by atoms with Gasteiger partial charge in [0.15, 0.2) is 0 Å². The van der Waals surface area contributed by atoms with E-state index in [2.05, 4.69) is 13.8 Å². The Bertz CT molecular complexity index is 433. The minimum Gasteiger partial charge on any atom is -0.496 e. The molecule has 0 amide bonds. The molecule has 0 bridgehead atoms. The highest BCUT2D eigenvalue weighted by molar-refractivity contribution is 5.69. The van der Waals surface area contributed by atoms with Crippen LogP contribution in [0, 0.1) is 0 Å². The molecule has 18 heavy (non-hydrogen) atoms. The van der Waals surface area contributed by atoms with Crippen LogP contribution in [-0.2, 0) is 10.2 Å². The van der Waals surface area contributed by atoms with Crippen LogP contribution in [0.5, 0.6) is 5.75 Å². The molecule has 0 aromatic heterocycles. The van der Waals surface area contributed by atoms with Crippen LogP contribution < -0.4 is 4.74 Å². The molecule has 0 aliphatic rings.